The summed E-state index contributed by atoms with van der Waals surface area (Å²) in [5.41, 5.74) is 0.492. The highest BCUT2D eigenvalue weighted by Crippen LogP contribution is 2.15. The first-order chi connectivity index (χ1) is 8.63. The molecule has 0 aliphatic heterocycles. The van der Waals surface area contributed by atoms with Crippen LogP contribution in [0.5, 0.6) is 0 Å². The van der Waals surface area contributed by atoms with E-state index in [1.165, 1.54) is 17.0 Å². The number of rotatable bonds is 5. The molecule has 2 aromatic rings. The highest BCUT2D eigenvalue weighted by Gasteiger charge is 2.08. The van der Waals surface area contributed by atoms with Crippen molar-refractivity contribution >= 4 is 11.3 Å². The van der Waals surface area contributed by atoms with Crippen LogP contribution in [0.4, 0.5) is 8.78 Å². The third-order valence-corrected chi connectivity index (χ3v) is 3.63. The molecule has 0 saturated heterocycles. The van der Waals surface area contributed by atoms with Crippen molar-refractivity contribution in [3.8, 4) is 0 Å². The van der Waals surface area contributed by atoms with E-state index in [0.29, 0.717) is 12.0 Å². The molecule has 0 aliphatic rings. The number of hydrogen-bond acceptors (Lipinski definition) is 2. The van der Waals surface area contributed by atoms with Crippen molar-refractivity contribution in [3.05, 3.63) is 57.8 Å². The lowest BCUT2D eigenvalue weighted by molar-refractivity contribution is 0.165. The summed E-state index contributed by atoms with van der Waals surface area (Å²) in [5, 5.41) is 11.8. The lowest BCUT2D eigenvalue weighted by Crippen LogP contribution is -2.11. The van der Waals surface area contributed by atoms with Crippen LogP contribution in [0.1, 0.15) is 16.9 Å². The monoisotopic (exact) mass is 268 g/mol. The fourth-order valence-corrected chi connectivity index (χ4v) is 2.59. The highest BCUT2D eigenvalue weighted by atomic mass is 32.1. The van der Waals surface area contributed by atoms with E-state index in [0.717, 1.165) is 12.5 Å². The van der Waals surface area contributed by atoms with E-state index in [1.54, 1.807) is 11.3 Å². The molecule has 4 heteroatoms. The molecule has 0 amide bonds. The summed E-state index contributed by atoms with van der Waals surface area (Å²) in [4.78, 5) is 1.21. The zero-order chi connectivity index (χ0) is 13.0. The van der Waals surface area contributed by atoms with Crippen molar-refractivity contribution < 1.29 is 13.9 Å². The van der Waals surface area contributed by atoms with Gasteiger partial charge in [-0.25, -0.2) is 8.78 Å². The van der Waals surface area contributed by atoms with Gasteiger partial charge in [0.25, 0.3) is 0 Å². The molecule has 1 atom stereocenters. The Bertz CT molecular complexity index is 476. The first-order valence-electron chi connectivity index (χ1n) is 5.79. The predicted octanol–water partition coefficient (Wildman–Crippen LogP) is 3.56. The van der Waals surface area contributed by atoms with Crippen molar-refractivity contribution in [1.29, 1.82) is 0 Å². The van der Waals surface area contributed by atoms with Gasteiger partial charge in [0, 0.05) is 10.9 Å². The van der Waals surface area contributed by atoms with E-state index in [9.17, 15) is 13.9 Å². The van der Waals surface area contributed by atoms with Gasteiger partial charge in [-0.1, -0.05) is 6.07 Å². The van der Waals surface area contributed by atoms with Crippen LogP contribution in [0.2, 0.25) is 0 Å². The minimum atomic E-state index is -0.601. The number of hydrogen-bond donors (Lipinski definition) is 1. The van der Waals surface area contributed by atoms with Gasteiger partial charge in [0.05, 0.1) is 6.10 Å². The quantitative estimate of drug-likeness (QED) is 0.879. The molecular formula is C14H14F2OS. The summed E-state index contributed by atoms with van der Waals surface area (Å²) in [5.74, 6) is -1.20. The smallest absolute Gasteiger partial charge is 0.126 e. The number of aliphatic hydroxyl groups is 1. The van der Waals surface area contributed by atoms with Gasteiger partial charge in [0.1, 0.15) is 11.6 Å². The van der Waals surface area contributed by atoms with Gasteiger partial charge in [-0.05, 0) is 48.4 Å². The zero-order valence-corrected chi connectivity index (χ0v) is 10.6. The molecule has 1 aromatic heterocycles. The maximum Gasteiger partial charge on any atom is 0.126 e. The lowest BCUT2D eigenvalue weighted by atomic mass is 10.0. The van der Waals surface area contributed by atoms with Crippen LogP contribution in [-0.2, 0) is 12.8 Å². The van der Waals surface area contributed by atoms with E-state index < -0.39 is 17.7 Å². The first-order valence-corrected chi connectivity index (χ1v) is 6.67. The van der Waals surface area contributed by atoms with Crippen LogP contribution in [0.15, 0.2) is 35.7 Å². The number of aryl methyl sites for hydroxylation is 1. The number of halogens is 2. The Kier molecular flexibility index (Phi) is 4.44. The first kappa shape index (κ1) is 13.2. The van der Waals surface area contributed by atoms with Gasteiger partial charge >= 0.3 is 0 Å². The fourth-order valence-electron chi connectivity index (χ4n) is 1.87. The summed E-state index contributed by atoms with van der Waals surface area (Å²) in [6, 6.07) is 7.34. The van der Waals surface area contributed by atoms with Crippen LogP contribution < -0.4 is 0 Å². The summed E-state index contributed by atoms with van der Waals surface area (Å²) in [7, 11) is 0. The summed E-state index contributed by atoms with van der Waals surface area (Å²) >= 11 is 1.64. The molecule has 96 valence electrons. The fraction of sp³-hybridized carbons (Fsp3) is 0.286. The van der Waals surface area contributed by atoms with Crippen LogP contribution in [0.25, 0.3) is 0 Å². The van der Waals surface area contributed by atoms with Crippen molar-refractivity contribution in [2.24, 2.45) is 0 Å². The molecular weight excluding hydrogens is 254 g/mol. The Morgan fingerprint density at radius 2 is 1.89 bits per heavy atom. The van der Waals surface area contributed by atoms with Crippen molar-refractivity contribution in [1.82, 2.24) is 0 Å². The highest BCUT2D eigenvalue weighted by molar-refractivity contribution is 7.09. The van der Waals surface area contributed by atoms with Gasteiger partial charge in [-0.3, -0.25) is 0 Å². The number of thiophene rings is 1. The number of benzene rings is 1. The van der Waals surface area contributed by atoms with E-state index in [-0.39, 0.29) is 6.42 Å². The Labute approximate surface area is 109 Å². The molecule has 0 spiro atoms. The Morgan fingerprint density at radius 3 is 2.50 bits per heavy atom. The van der Waals surface area contributed by atoms with E-state index >= 15 is 0 Å². The summed E-state index contributed by atoms with van der Waals surface area (Å²) in [6.45, 7) is 0. The zero-order valence-electron chi connectivity index (χ0n) is 9.77. The maximum absolute atomic E-state index is 13.0. The lowest BCUT2D eigenvalue weighted by Gasteiger charge is -2.10. The Morgan fingerprint density at radius 1 is 1.17 bits per heavy atom. The molecule has 0 saturated carbocycles. The minimum Gasteiger partial charge on any atom is -0.393 e. The summed E-state index contributed by atoms with van der Waals surface area (Å²) < 4.78 is 25.9. The molecule has 1 nitrogen and oxygen atoms in total. The maximum atomic E-state index is 13.0. The normalized spacial score (nSPS) is 12.6. The van der Waals surface area contributed by atoms with Crippen molar-refractivity contribution in [2.75, 3.05) is 0 Å². The molecule has 0 bridgehead atoms. The Hall–Kier alpha value is -1.26. The van der Waals surface area contributed by atoms with Crippen LogP contribution in [0.3, 0.4) is 0 Å². The topological polar surface area (TPSA) is 20.2 Å². The second kappa shape index (κ2) is 6.07. The van der Waals surface area contributed by atoms with E-state index in [2.05, 4.69) is 0 Å². The molecule has 1 heterocycles. The molecule has 0 radical (unpaired) electrons. The van der Waals surface area contributed by atoms with E-state index in [1.807, 2.05) is 17.5 Å². The predicted molar refractivity (Wildman–Crippen MR) is 68.7 cm³/mol. The SMILES string of the molecule is OC(CCc1cccs1)Cc1cc(F)cc(F)c1. The van der Waals surface area contributed by atoms with Gasteiger partial charge in [-0.2, -0.15) is 0 Å². The van der Waals surface area contributed by atoms with Crippen LogP contribution in [-0.4, -0.2) is 11.2 Å². The van der Waals surface area contributed by atoms with Gasteiger partial charge in [0.15, 0.2) is 0 Å². The van der Waals surface area contributed by atoms with Gasteiger partial charge < -0.3 is 5.11 Å². The minimum absolute atomic E-state index is 0.278. The third kappa shape index (κ3) is 3.89. The van der Waals surface area contributed by atoms with Crippen LogP contribution >= 0.6 is 11.3 Å². The standard InChI is InChI=1S/C14H14F2OS/c15-11-6-10(7-12(16)9-11)8-13(17)3-4-14-2-1-5-18-14/h1-2,5-7,9,13,17H,3-4,8H2. The van der Waals surface area contributed by atoms with Crippen LogP contribution in [0, 0.1) is 11.6 Å². The van der Waals surface area contributed by atoms with Crippen molar-refractivity contribution in [2.45, 2.75) is 25.4 Å². The Balaban J connectivity index is 1.88. The molecule has 0 aliphatic carbocycles. The van der Waals surface area contributed by atoms with Crippen molar-refractivity contribution in [3.63, 3.8) is 0 Å². The average Bonchev–Trinajstić information content (AvgIpc) is 2.77. The molecule has 18 heavy (non-hydrogen) atoms. The largest absolute Gasteiger partial charge is 0.393 e. The van der Waals surface area contributed by atoms with Gasteiger partial charge in [0.2, 0.25) is 0 Å². The average molecular weight is 268 g/mol. The molecule has 1 N–H and O–H groups in total. The van der Waals surface area contributed by atoms with Gasteiger partial charge in [-0.15, -0.1) is 11.3 Å². The second-order valence-corrected chi connectivity index (χ2v) is 5.29. The molecule has 1 aromatic carbocycles. The number of aliphatic hydroxyl groups excluding tert-OH is 1. The third-order valence-electron chi connectivity index (χ3n) is 2.70. The molecule has 1 unspecified atom stereocenters. The van der Waals surface area contributed by atoms with E-state index in [4.69, 9.17) is 0 Å². The molecule has 2 rings (SSSR count). The second-order valence-electron chi connectivity index (χ2n) is 4.25. The molecule has 0 fully saturated rings. The summed E-state index contributed by atoms with van der Waals surface area (Å²) in [6.07, 6.45) is 1.09.